The molecule has 0 saturated carbocycles. The smallest absolute Gasteiger partial charge is 0.163 e. The third kappa shape index (κ3) is 3.23. The number of phenols is 1. The van der Waals surface area contributed by atoms with E-state index in [0.717, 1.165) is 18.2 Å². The van der Waals surface area contributed by atoms with Crippen LogP contribution in [-0.2, 0) is 5.75 Å². The summed E-state index contributed by atoms with van der Waals surface area (Å²) in [5, 5.41) is 9.78. The molecule has 1 aromatic rings. The Balaban J connectivity index is 2.95. The molecule has 2 nitrogen and oxygen atoms in total. The van der Waals surface area contributed by atoms with Crippen molar-refractivity contribution in [3.63, 3.8) is 0 Å². The van der Waals surface area contributed by atoms with Crippen molar-refractivity contribution >= 4 is 17.5 Å². The largest absolute Gasteiger partial charge is 0.507 e. The van der Waals surface area contributed by atoms with Crippen molar-refractivity contribution < 1.29 is 14.3 Å². The van der Waals surface area contributed by atoms with Gasteiger partial charge in [-0.15, -0.1) is 0 Å². The average Bonchev–Trinajstić information content (AvgIpc) is 2.22. The zero-order valence-corrected chi connectivity index (χ0v) is 10.2. The van der Waals surface area contributed by atoms with Crippen LogP contribution in [-0.4, -0.2) is 16.6 Å². The van der Waals surface area contributed by atoms with E-state index in [2.05, 4.69) is 6.92 Å². The van der Waals surface area contributed by atoms with E-state index in [1.165, 1.54) is 13.0 Å². The number of rotatable bonds is 5. The fourth-order valence-electron chi connectivity index (χ4n) is 1.36. The summed E-state index contributed by atoms with van der Waals surface area (Å²) in [6, 6.07) is 2.36. The summed E-state index contributed by atoms with van der Waals surface area (Å²) in [6.07, 6.45) is 1.03. The number of Topliss-reactive ketones (excluding diaryl/α,β-unsaturated/α-hetero) is 1. The third-order valence-corrected chi connectivity index (χ3v) is 3.35. The highest BCUT2D eigenvalue weighted by atomic mass is 32.2. The summed E-state index contributed by atoms with van der Waals surface area (Å²) in [5.41, 5.74) is 0.552. The van der Waals surface area contributed by atoms with Gasteiger partial charge in [0.1, 0.15) is 11.6 Å². The molecule has 1 N–H and O–H groups in total. The number of aromatic hydroxyl groups is 1. The molecular formula is C12H15FO2S. The fourth-order valence-corrected chi connectivity index (χ4v) is 2.23. The molecule has 0 atom stereocenters. The van der Waals surface area contributed by atoms with Crippen molar-refractivity contribution in [3.8, 4) is 5.75 Å². The number of halogens is 1. The minimum atomic E-state index is -0.477. The molecular weight excluding hydrogens is 227 g/mol. The summed E-state index contributed by atoms with van der Waals surface area (Å²) in [6.45, 7) is 3.37. The lowest BCUT2D eigenvalue weighted by Crippen LogP contribution is -1.97. The van der Waals surface area contributed by atoms with Crippen LogP contribution in [0.2, 0.25) is 0 Å². The summed E-state index contributed by atoms with van der Waals surface area (Å²) in [5.74, 6) is 0.592. The number of benzene rings is 1. The summed E-state index contributed by atoms with van der Waals surface area (Å²) < 4.78 is 13.2. The Hall–Kier alpha value is -1.03. The van der Waals surface area contributed by atoms with Gasteiger partial charge >= 0.3 is 0 Å². The zero-order valence-electron chi connectivity index (χ0n) is 9.42. The monoisotopic (exact) mass is 242 g/mol. The van der Waals surface area contributed by atoms with E-state index in [9.17, 15) is 14.3 Å². The molecule has 0 spiro atoms. The van der Waals surface area contributed by atoms with Gasteiger partial charge in [0, 0.05) is 11.3 Å². The number of ketones is 1. The molecule has 0 radical (unpaired) electrons. The first kappa shape index (κ1) is 13.0. The summed E-state index contributed by atoms with van der Waals surface area (Å²) in [7, 11) is 0. The van der Waals surface area contributed by atoms with Gasteiger partial charge in [-0.1, -0.05) is 6.92 Å². The van der Waals surface area contributed by atoms with Gasteiger partial charge in [0.2, 0.25) is 0 Å². The lowest BCUT2D eigenvalue weighted by atomic mass is 10.1. The van der Waals surface area contributed by atoms with Crippen LogP contribution in [0.15, 0.2) is 12.1 Å². The maximum Gasteiger partial charge on any atom is 0.163 e. The van der Waals surface area contributed by atoms with Crippen molar-refractivity contribution in [2.75, 3.05) is 5.75 Å². The number of hydrogen-bond acceptors (Lipinski definition) is 3. The minimum Gasteiger partial charge on any atom is -0.507 e. The number of hydrogen-bond donors (Lipinski definition) is 1. The van der Waals surface area contributed by atoms with Gasteiger partial charge in [-0.05, 0) is 31.2 Å². The highest BCUT2D eigenvalue weighted by Gasteiger charge is 2.13. The normalized spacial score (nSPS) is 10.4. The molecule has 0 fully saturated rings. The fraction of sp³-hybridized carbons (Fsp3) is 0.417. The quantitative estimate of drug-likeness (QED) is 0.635. The van der Waals surface area contributed by atoms with E-state index in [1.54, 1.807) is 11.8 Å². The van der Waals surface area contributed by atoms with Crippen LogP contribution in [0, 0.1) is 5.82 Å². The van der Waals surface area contributed by atoms with Crippen LogP contribution in [0.1, 0.15) is 36.2 Å². The first-order chi connectivity index (χ1) is 7.56. The van der Waals surface area contributed by atoms with E-state index in [0.29, 0.717) is 11.3 Å². The maximum atomic E-state index is 13.2. The molecule has 4 heteroatoms. The van der Waals surface area contributed by atoms with Crippen molar-refractivity contribution in [3.05, 3.63) is 29.1 Å². The SMILES string of the molecule is CCCSCc1cc(F)cc(C(C)=O)c1O. The molecule has 1 rings (SSSR count). The van der Waals surface area contributed by atoms with Gasteiger partial charge < -0.3 is 5.11 Å². The Kier molecular flexibility index (Phi) is 4.80. The minimum absolute atomic E-state index is 0.0621. The van der Waals surface area contributed by atoms with Crippen LogP contribution in [0.25, 0.3) is 0 Å². The van der Waals surface area contributed by atoms with Gasteiger partial charge in [0.25, 0.3) is 0 Å². The second-order valence-electron chi connectivity index (χ2n) is 3.57. The Labute approximate surface area is 98.9 Å². The topological polar surface area (TPSA) is 37.3 Å². The Morgan fingerprint density at radius 3 is 2.75 bits per heavy atom. The Morgan fingerprint density at radius 2 is 2.19 bits per heavy atom. The van der Waals surface area contributed by atoms with Crippen molar-refractivity contribution in [2.24, 2.45) is 0 Å². The molecule has 0 heterocycles. The Bertz CT molecular complexity index is 391. The van der Waals surface area contributed by atoms with E-state index in [-0.39, 0.29) is 17.1 Å². The van der Waals surface area contributed by atoms with Gasteiger partial charge in [-0.2, -0.15) is 11.8 Å². The van der Waals surface area contributed by atoms with E-state index in [4.69, 9.17) is 0 Å². The average molecular weight is 242 g/mol. The number of carbonyl (C=O) groups is 1. The molecule has 0 bridgehead atoms. The highest BCUT2D eigenvalue weighted by Crippen LogP contribution is 2.28. The van der Waals surface area contributed by atoms with Crippen LogP contribution < -0.4 is 0 Å². The standard InChI is InChI=1S/C12H15FO2S/c1-3-4-16-7-9-5-10(13)6-11(8(2)14)12(9)15/h5-6,15H,3-4,7H2,1-2H3. The van der Waals surface area contributed by atoms with Gasteiger partial charge in [0.15, 0.2) is 5.78 Å². The van der Waals surface area contributed by atoms with Crippen LogP contribution in [0.3, 0.4) is 0 Å². The second kappa shape index (κ2) is 5.89. The number of thioether (sulfide) groups is 1. The maximum absolute atomic E-state index is 13.2. The van der Waals surface area contributed by atoms with E-state index in [1.807, 2.05) is 0 Å². The lowest BCUT2D eigenvalue weighted by Gasteiger charge is -2.08. The second-order valence-corrected chi connectivity index (χ2v) is 4.68. The van der Waals surface area contributed by atoms with Crippen molar-refractivity contribution in [1.82, 2.24) is 0 Å². The van der Waals surface area contributed by atoms with Gasteiger partial charge in [-0.25, -0.2) is 4.39 Å². The molecule has 0 aliphatic carbocycles. The van der Waals surface area contributed by atoms with Crippen LogP contribution in [0.4, 0.5) is 4.39 Å². The van der Waals surface area contributed by atoms with Crippen molar-refractivity contribution in [2.45, 2.75) is 26.0 Å². The molecule has 0 amide bonds. The number of phenolic OH excluding ortho intramolecular Hbond substituents is 1. The third-order valence-electron chi connectivity index (χ3n) is 2.14. The Morgan fingerprint density at radius 1 is 1.50 bits per heavy atom. The lowest BCUT2D eigenvalue weighted by molar-refractivity contribution is 0.101. The first-order valence-electron chi connectivity index (χ1n) is 5.16. The molecule has 88 valence electrons. The van der Waals surface area contributed by atoms with Crippen LogP contribution in [0.5, 0.6) is 5.75 Å². The van der Waals surface area contributed by atoms with Gasteiger partial charge in [-0.3, -0.25) is 4.79 Å². The van der Waals surface area contributed by atoms with E-state index >= 15 is 0 Å². The molecule has 1 aromatic carbocycles. The molecule has 0 aliphatic heterocycles. The first-order valence-corrected chi connectivity index (χ1v) is 6.31. The molecule has 0 unspecified atom stereocenters. The zero-order chi connectivity index (χ0) is 12.1. The van der Waals surface area contributed by atoms with E-state index < -0.39 is 5.82 Å². The molecule has 0 aliphatic rings. The molecule has 0 saturated heterocycles. The number of carbonyl (C=O) groups excluding carboxylic acids is 1. The predicted octanol–water partition coefficient (Wildman–Crippen LogP) is 3.38. The van der Waals surface area contributed by atoms with Gasteiger partial charge in [0.05, 0.1) is 5.56 Å². The summed E-state index contributed by atoms with van der Waals surface area (Å²) in [4.78, 5) is 11.2. The van der Waals surface area contributed by atoms with Crippen LogP contribution >= 0.6 is 11.8 Å². The highest BCUT2D eigenvalue weighted by molar-refractivity contribution is 7.98. The molecule has 0 aromatic heterocycles. The predicted molar refractivity (Wildman–Crippen MR) is 64.5 cm³/mol. The molecule has 16 heavy (non-hydrogen) atoms. The van der Waals surface area contributed by atoms with Crippen molar-refractivity contribution in [1.29, 1.82) is 0 Å². The summed E-state index contributed by atoms with van der Waals surface area (Å²) >= 11 is 1.61.